The number of ether oxygens (including phenoxy) is 1. The molecule has 0 aliphatic rings. The summed E-state index contributed by atoms with van der Waals surface area (Å²) in [7, 11) is 3.33. The Balaban J connectivity index is 2.26. The van der Waals surface area contributed by atoms with Gasteiger partial charge in [0.1, 0.15) is 11.0 Å². The highest BCUT2D eigenvalue weighted by molar-refractivity contribution is 6.33. The van der Waals surface area contributed by atoms with Crippen LogP contribution in [-0.2, 0) is 4.74 Å². The summed E-state index contributed by atoms with van der Waals surface area (Å²) in [6.45, 7) is 2.87. The first kappa shape index (κ1) is 17.4. The normalized spacial score (nSPS) is 10.8. The van der Waals surface area contributed by atoms with Gasteiger partial charge >= 0.3 is 0 Å². The molecule has 23 heavy (non-hydrogen) atoms. The van der Waals surface area contributed by atoms with E-state index in [9.17, 15) is 9.18 Å². The topological polar surface area (TPSA) is 47.4 Å². The molecular formula is C16H19ClFN3O2. The molecule has 1 amide bonds. The molecule has 0 aliphatic heterocycles. The molecule has 5 nitrogen and oxygen atoms in total. The number of aromatic nitrogens is 2. The molecule has 1 heterocycles. The average molecular weight is 340 g/mol. The number of hydrogen-bond acceptors (Lipinski definition) is 3. The number of nitrogens with zero attached hydrogens (tertiary/aromatic N) is 3. The van der Waals surface area contributed by atoms with Gasteiger partial charge in [-0.2, -0.15) is 5.10 Å². The lowest BCUT2D eigenvalue weighted by atomic mass is 10.2. The second-order valence-electron chi connectivity index (χ2n) is 5.21. The number of benzene rings is 1. The van der Waals surface area contributed by atoms with Crippen LogP contribution in [0.25, 0.3) is 5.69 Å². The van der Waals surface area contributed by atoms with Crippen molar-refractivity contribution in [3.8, 4) is 5.69 Å². The number of rotatable bonds is 6. The highest BCUT2D eigenvalue weighted by Gasteiger charge is 2.23. The molecule has 0 saturated carbocycles. The summed E-state index contributed by atoms with van der Waals surface area (Å²) in [6.07, 6.45) is 0.738. The summed E-state index contributed by atoms with van der Waals surface area (Å²) < 4.78 is 19.5. The van der Waals surface area contributed by atoms with Crippen LogP contribution in [0.5, 0.6) is 0 Å². The molecule has 0 N–H and O–H groups in total. The van der Waals surface area contributed by atoms with E-state index in [1.165, 1.54) is 16.8 Å². The number of aryl methyl sites for hydroxylation is 1. The molecule has 0 unspecified atom stereocenters. The Kier molecular flexibility index (Phi) is 5.74. The molecule has 0 aliphatic carbocycles. The van der Waals surface area contributed by atoms with Crippen molar-refractivity contribution in [3.63, 3.8) is 0 Å². The molecule has 2 rings (SSSR count). The van der Waals surface area contributed by atoms with Gasteiger partial charge in [0.25, 0.3) is 5.91 Å². The molecule has 0 saturated heterocycles. The number of carbonyl (C=O) groups is 1. The first-order chi connectivity index (χ1) is 11.0. The van der Waals surface area contributed by atoms with Gasteiger partial charge in [0, 0.05) is 27.3 Å². The lowest BCUT2D eigenvalue weighted by Gasteiger charge is -2.16. The summed E-state index contributed by atoms with van der Waals surface area (Å²) in [5.41, 5.74) is 1.49. The van der Waals surface area contributed by atoms with Crippen molar-refractivity contribution in [1.29, 1.82) is 0 Å². The first-order valence-corrected chi connectivity index (χ1v) is 7.59. The summed E-state index contributed by atoms with van der Waals surface area (Å²) in [6, 6.07) is 5.76. The Hall–Kier alpha value is -1.92. The summed E-state index contributed by atoms with van der Waals surface area (Å²) in [5.74, 6) is -0.542. The quantitative estimate of drug-likeness (QED) is 0.760. The summed E-state index contributed by atoms with van der Waals surface area (Å²) >= 11 is 6.34. The standard InChI is InChI=1S/C16H19ClFN3O2/c1-11-14(16(22)20(2)9-4-10-23-3)15(17)21(19-11)13-7-5-12(18)6-8-13/h5-8H,4,9-10H2,1-3H3. The minimum atomic E-state index is -0.345. The molecule has 0 fully saturated rings. The SMILES string of the molecule is COCCCN(C)C(=O)c1c(C)nn(-c2ccc(F)cc2)c1Cl. The van der Waals surface area contributed by atoms with Crippen molar-refractivity contribution < 1.29 is 13.9 Å². The van der Waals surface area contributed by atoms with Crippen LogP contribution in [0.1, 0.15) is 22.5 Å². The Morgan fingerprint density at radius 3 is 2.65 bits per heavy atom. The van der Waals surface area contributed by atoms with E-state index in [4.69, 9.17) is 16.3 Å². The zero-order chi connectivity index (χ0) is 17.0. The van der Waals surface area contributed by atoms with E-state index in [1.54, 1.807) is 38.1 Å². The third kappa shape index (κ3) is 3.89. The molecule has 0 atom stereocenters. The van der Waals surface area contributed by atoms with Crippen LogP contribution < -0.4 is 0 Å². The van der Waals surface area contributed by atoms with Crippen molar-refractivity contribution >= 4 is 17.5 Å². The number of hydrogen-bond donors (Lipinski definition) is 0. The number of halogens is 2. The van der Waals surface area contributed by atoms with Gasteiger partial charge in [0.05, 0.1) is 16.9 Å². The lowest BCUT2D eigenvalue weighted by Crippen LogP contribution is -2.28. The molecular weight excluding hydrogens is 321 g/mol. The fourth-order valence-electron chi connectivity index (χ4n) is 2.23. The van der Waals surface area contributed by atoms with E-state index >= 15 is 0 Å². The summed E-state index contributed by atoms with van der Waals surface area (Å²) in [4.78, 5) is 14.2. The third-order valence-electron chi connectivity index (χ3n) is 3.48. The van der Waals surface area contributed by atoms with Gasteiger partial charge in [-0.1, -0.05) is 11.6 Å². The van der Waals surface area contributed by atoms with Crippen LogP contribution in [0, 0.1) is 12.7 Å². The van der Waals surface area contributed by atoms with Gasteiger partial charge in [-0.25, -0.2) is 9.07 Å². The van der Waals surface area contributed by atoms with E-state index in [1.807, 2.05) is 0 Å². The van der Waals surface area contributed by atoms with Crippen LogP contribution in [0.2, 0.25) is 5.15 Å². The molecule has 124 valence electrons. The van der Waals surface area contributed by atoms with Gasteiger partial charge in [-0.3, -0.25) is 4.79 Å². The van der Waals surface area contributed by atoms with Crippen LogP contribution in [0.4, 0.5) is 4.39 Å². The second-order valence-corrected chi connectivity index (χ2v) is 5.57. The third-order valence-corrected chi connectivity index (χ3v) is 3.83. The molecule has 7 heteroatoms. The van der Waals surface area contributed by atoms with Gasteiger partial charge in [0.2, 0.25) is 0 Å². The Bertz CT molecular complexity index is 685. The Labute approximate surface area is 139 Å². The van der Waals surface area contributed by atoms with Crippen molar-refractivity contribution in [1.82, 2.24) is 14.7 Å². The lowest BCUT2D eigenvalue weighted by molar-refractivity contribution is 0.0779. The molecule has 0 spiro atoms. The Morgan fingerprint density at radius 1 is 1.39 bits per heavy atom. The molecule has 0 bridgehead atoms. The van der Waals surface area contributed by atoms with E-state index in [2.05, 4.69) is 5.10 Å². The van der Waals surface area contributed by atoms with Crippen LogP contribution in [-0.4, -0.2) is 47.9 Å². The fourth-order valence-corrected chi connectivity index (χ4v) is 2.59. The molecule has 2 aromatic rings. The van der Waals surface area contributed by atoms with Gasteiger partial charge < -0.3 is 9.64 Å². The predicted octanol–water partition coefficient (Wildman–Crippen LogP) is 3.08. The van der Waals surface area contributed by atoms with Crippen molar-refractivity contribution in [2.24, 2.45) is 0 Å². The van der Waals surface area contributed by atoms with Crippen molar-refractivity contribution in [2.75, 3.05) is 27.3 Å². The zero-order valence-electron chi connectivity index (χ0n) is 13.3. The van der Waals surface area contributed by atoms with Crippen molar-refractivity contribution in [3.05, 3.63) is 46.5 Å². The minimum absolute atomic E-state index is 0.197. The highest BCUT2D eigenvalue weighted by Crippen LogP contribution is 2.24. The molecule has 1 aromatic carbocycles. The average Bonchev–Trinajstić information content (AvgIpc) is 2.82. The number of methoxy groups -OCH3 is 1. The van der Waals surface area contributed by atoms with Crippen molar-refractivity contribution in [2.45, 2.75) is 13.3 Å². The molecule has 0 radical (unpaired) electrons. The zero-order valence-corrected chi connectivity index (χ0v) is 14.1. The summed E-state index contributed by atoms with van der Waals surface area (Å²) in [5, 5.41) is 4.52. The monoisotopic (exact) mass is 339 g/mol. The highest BCUT2D eigenvalue weighted by atomic mass is 35.5. The molecule has 1 aromatic heterocycles. The van der Waals surface area contributed by atoms with Gasteiger partial charge in [-0.15, -0.1) is 0 Å². The van der Waals surface area contributed by atoms with Gasteiger partial charge in [-0.05, 0) is 37.6 Å². The second kappa shape index (κ2) is 7.57. The van der Waals surface area contributed by atoms with Gasteiger partial charge in [0.15, 0.2) is 0 Å². The van der Waals surface area contributed by atoms with E-state index in [-0.39, 0.29) is 16.9 Å². The fraction of sp³-hybridized carbons (Fsp3) is 0.375. The first-order valence-electron chi connectivity index (χ1n) is 7.21. The number of amides is 1. The van der Waals surface area contributed by atoms with Crippen LogP contribution in [0.15, 0.2) is 24.3 Å². The maximum Gasteiger partial charge on any atom is 0.258 e. The smallest absolute Gasteiger partial charge is 0.258 e. The minimum Gasteiger partial charge on any atom is -0.385 e. The predicted molar refractivity (Wildman–Crippen MR) is 86.7 cm³/mol. The van der Waals surface area contributed by atoms with E-state index < -0.39 is 0 Å². The van der Waals surface area contributed by atoms with E-state index in [0.29, 0.717) is 30.1 Å². The number of carbonyl (C=O) groups excluding carboxylic acids is 1. The maximum absolute atomic E-state index is 13.0. The largest absolute Gasteiger partial charge is 0.385 e. The van der Waals surface area contributed by atoms with E-state index in [0.717, 1.165) is 6.42 Å². The Morgan fingerprint density at radius 2 is 2.04 bits per heavy atom. The maximum atomic E-state index is 13.0. The van der Waals surface area contributed by atoms with Crippen LogP contribution >= 0.6 is 11.6 Å². The van der Waals surface area contributed by atoms with Crippen LogP contribution in [0.3, 0.4) is 0 Å².